The average molecular weight is 357 g/mol. The summed E-state index contributed by atoms with van der Waals surface area (Å²) in [7, 11) is 0. The number of halogens is 1. The van der Waals surface area contributed by atoms with Gasteiger partial charge in [-0.2, -0.15) is 0 Å². The smallest absolute Gasteiger partial charge is 0.265 e. The number of carbonyl (C=O) groups excluding carboxylic acids is 2. The summed E-state index contributed by atoms with van der Waals surface area (Å²) in [6.45, 7) is 0. The Morgan fingerprint density at radius 2 is 1.42 bits per heavy atom. The van der Waals surface area contributed by atoms with Crippen molar-refractivity contribution in [2.75, 3.05) is 10.6 Å². The molecule has 0 unspecified atom stereocenters. The van der Waals surface area contributed by atoms with Crippen LogP contribution in [0.1, 0.15) is 20.0 Å². The van der Waals surface area contributed by atoms with Gasteiger partial charge in [0.15, 0.2) is 0 Å². The fraction of sp³-hybridized carbons (Fsp3) is 0. The van der Waals surface area contributed by atoms with Crippen LogP contribution in [0.5, 0.6) is 0 Å². The maximum absolute atomic E-state index is 12.2. The lowest BCUT2D eigenvalue weighted by Crippen LogP contribution is -2.13. The molecule has 0 spiro atoms. The molecule has 0 saturated carbocycles. The summed E-state index contributed by atoms with van der Waals surface area (Å²) in [4.78, 5) is 24.8. The minimum atomic E-state index is -0.282. The molecule has 3 rings (SSSR count). The highest BCUT2D eigenvalue weighted by atomic mass is 35.5. The first-order chi connectivity index (χ1) is 11.6. The fourth-order valence-corrected chi connectivity index (χ4v) is 2.92. The molecule has 0 aliphatic carbocycles. The third-order valence-corrected chi connectivity index (χ3v) is 4.46. The SMILES string of the molecule is O=C(Nc1ccc(NC(=O)c2ccccc2Cl)cc1)c1cccs1. The third-order valence-electron chi connectivity index (χ3n) is 3.26. The van der Waals surface area contributed by atoms with Crippen LogP contribution in [0.25, 0.3) is 0 Å². The molecule has 2 amide bonds. The van der Waals surface area contributed by atoms with Crippen molar-refractivity contribution in [3.8, 4) is 0 Å². The van der Waals surface area contributed by atoms with E-state index < -0.39 is 0 Å². The van der Waals surface area contributed by atoms with E-state index in [1.54, 1.807) is 54.6 Å². The first-order valence-corrected chi connectivity index (χ1v) is 8.40. The molecule has 0 radical (unpaired) electrons. The van der Waals surface area contributed by atoms with E-state index in [1.165, 1.54) is 11.3 Å². The summed E-state index contributed by atoms with van der Waals surface area (Å²) in [5.74, 6) is -0.436. The maximum Gasteiger partial charge on any atom is 0.265 e. The van der Waals surface area contributed by atoms with E-state index in [-0.39, 0.29) is 11.8 Å². The third kappa shape index (κ3) is 3.82. The number of rotatable bonds is 4. The van der Waals surface area contributed by atoms with Gasteiger partial charge in [-0.15, -0.1) is 11.3 Å². The van der Waals surface area contributed by atoms with Crippen molar-refractivity contribution >= 4 is 46.1 Å². The predicted molar refractivity (Wildman–Crippen MR) is 98.1 cm³/mol. The second-order valence-corrected chi connectivity index (χ2v) is 6.30. The van der Waals surface area contributed by atoms with Gasteiger partial charge in [0.25, 0.3) is 11.8 Å². The number of carbonyl (C=O) groups is 2. The standard InChI is InChI=1S/C18H13ClN2O2S/c19-15-5-2-1-4-14(15)17(22)20-12-7-9-13(10-8-12)21-18(23)16-6-3-11-24-16/h1-11H,(H,20,22)(H,21,23). The maximum atomic E-state index is 12.2. The Morgan fingerprint density at radius 3 is 2.00 bits per heavy atom. The molecule has 0 atom stereocenters. The molecule has 0 aliphatic rings. The van der Waals surface area contributed by atoms with Crippen LogP contribution in [0.4, 0.5) is 11.4 Å². The monoisotopic (exact) mass is 356 g/mol. The van der Waals surface area contributed by atoms with Crippen LogP contribution in [-0.2, 0) is 0 Å². The number of hydrogen-bond acceptors (Lipinski definition) is 3. The minimum Gasteiger partial charge on any atom is -0.322 e. The molecular weight excluding hydrogens is 344 g/mol. The predicted octanol–water partition coefficient (Wildman–Crippen LogP) is 4.91. The van der Waals surface area contributed by atoms with Gasteiger partial charge in [-0.25, -0.2) is 0 Å². The van der Waals surface area contributed by atoms with Gasteiger partial charge in [0.05, 0.1) is 15.5 Å². The first kappa shape index (κ1) is 16.2. The Morgan fingerprint density at radius 1 is 0.792 bits per heavy atom. The Kier molecular flexibility index (Phi) is 4.93. The number of anilines is 2. The van der Waals surface area contributed by atoms with E-state index in [0.717, 1.165) is 0 Å². The average Bonchev–Trinajstić information content (AvgIpc) is 3.11. The molecule has 120 valence electrons. The quantitative estimate of drug-likeness (QED) is 0.698. The van der Waals surface area contributed by atoms with Gasteiger partial charge in [-0.1, -0.05) is 29.8 Å². The number of amides is 2. The second kappa shape index (κ2) is 7.29. The minimum absolute atomic E-state index is 0.155. The van der Waals surface area contributed by atoms with Crippen molar-refractivity contribution in [1.82, 2.24) is 0 Å². The van der Waals surface area contributed by atoms with Crippen LogP contribution in [0, 0.1) is 0 Å². The van der Waals surface area contributed by atoms with E-state index in [2.05, 4.69) is 10.6 Å². The van der Waals surface area contributed by atoms with Gasteiger partial charge in [0, 0.05) is 11.4 Å². The zero-order chi connectivity index (χ0) is 16.9. The normalized spacial score (nSPS) is 10.2. The molecule has 1 heterocycles. The number of thiophene rings is 1. The zero-order valence-electron chi connectivity index (χ0n) is 12.5. The first-order valence-electron chi connectivity index (χ1n) is 7.14. The highest BCUT2D eigenvalue weighted by molar-refractivity contribution is 7.12. The van der Waals surface area contributed by atoms with Gasteiger partial charge < -0.3 is 10.6 Å². The van der Waals surface area contributed by atoms with E-state index in [4.69, 9.17) is 11.6 Å². The topological polar surface area (TPSA) is 58.2 Å². The summed E-state index contributed by atoms with van der Waals surface area (Å²) in [5.41, 5.74) is 1.69. The van der Waals surface area contributed by atoms with E-state index >= 15 is 0 Å². The molecule has 1 aromatic heterocycles. The number of hydrogen-bond donors (Lipinski definition) is 2. The molecule has 6 heteroatoms. The second-order valence-electron chi connectivity index (χ2n) is 4.94. The van der Waals surface area contributed by atoms with E-state index in [9.17, 15) is 9.59 Å². The Bertz CT molecular complexity index is 861. The summed E-state index contributed by atoms with van der Waals surface area (Å²) in [6.07, 6.45) is 0. The lowest BCUT2D eigenvalue weighted by molar-refractivity contribution is 0.102. The Hall–Kier alpha value is -2.63. The molecule has 24 heavy (non-hydrogen) atoms. The van der Waals surface area contributed by atoms with Gasteiger partial charge in [-0.05, 0) is 47.8 Å². The fourth-order valence-electron chi connectivity index (χ4n) is 2.08. The lowest BCUT2D eigenvalue weighted by atomic mass is 10.2. The van der Waals surface area contributed by atoms with Crippen molar-refractivity contribution < 1.29 is 9.59 Å². The Labute approximate surface area is 148 Å². The van der Waals surface area contributed by atoms with E-state index in [0.29, 0.717) is 26.8 Å². The highest BCUT2D eigenvalue weighted by Crippen LogP contribution is 2.19. The summed E-state index contributed by atoms with van der Waals surface area (Å²) < 4.78 is 0. The number of nitrogens with one attached hydrogen (secondary N) is 2. The molecule has 4 nitrogen and oxygen atoms in total. The van der Waals surface area contributed by atoms with Gasteiger partial charge in [-0.3, -0.25) is 9.59 Å². The molecule has 2 N–H and O–H groups in total. The summed E-state index contributed by atoms with van der Waals surface area (Å²) in [6, 6.07) is 17.3. The zero-order valence-corrected chi connectivity index (χ0v) is 14.0. The van der Waals surface area contributed by atoms with Crippen molar-refractivity contribution in [2.45, 2.75) is 0 Å². The molecule has 0 bridgehead atoms. The van der Waals surface area contributed by atoms with Gasteiger partial charge in [0.2, 0.25) is 0 Å². The molecular formula is C18H13ClN2O2S. The summed E-state index contributed by atoms with van der Waals surface area (Å²) in [5, 5.41) is 7.82. The van der Waals surface area contributed by atoms with Crippen molar-refractivity contribution in [1.29, 1.82) is 0 Å². The van der Waals surface area contributed by atoms with Crippen LogP contribution in [0.15, 0.2) is 66.0 Å². The van der Waals surface area contributed by atoms with E-state index in [1.807, 2.05) is 11.4 Å². The molecule has 2 aromatic carbocycles. The largest absolute Gasteiger partial charge is 0.322 e. The molecule has 0 fully saturated rings. The molecule has 0 saturated heterocycles. The van der Waals surface area contributed by atoms with Crippen molar-refractivity contribution in [3.05, 3.63) is 81.5 Å². The van der Waals surface area contributed by atoms with Crippen LogP contribution >= 0.6 is 22.9 Å². The van der Waals surface area contributed by atoms with Gasteiger partial charge >= 0.3 is 0 Å². The highest BCUT2D eigenvalue weighted by Gasteiger charge is 2.10. The van der Waals surface area contributed by atoms with Crippen molar-refractivity contribution in [2.24, 2.45) is 0 Å². The molecule has 3 aromatic rings. The molecule has 0 aliphatic heterocycles. The van der Waals surface area contributed by atoms with Crippen LogP contribution in [0.2, 0.25) is 5.02 Å². The number of benzene rings is 2. The van der Waals surface area contributed by atoms with Crippen LogP contribution < -0.4 is 10.6 Å². The van der Waals surface area contributed by atoms with Crippen LogP contribution in [0.3, 0.4) is 0 Å². The van der Waals surface area contributed by atoms with Gasteiger partial charge in [0.1, 0.15) is 0 Å². The lowest BCUT2D eigenvalue weighted by Gasteiger charge is -2.08. The Balaban J connectivity index is 1.65. The van der Waals surface area contributed by atoms with Crippen molar-refractivity contribution in [3.63, 3.8) is 0 Å². The van der Waals surface area contributed by atoms with Crippen LogP contribution in [-0.4, -0.2) is 11.8 Å². The summed E-state index contributed by atoms with van der Waals surface area (Å²) >= 11 is 7.39.